The van der Waals surface area contributed by atoms with Crippen molar-refractivity contribution in [2.75, 3.05) is 19.8 Å². The van der Waals surface area contributed by atoms with E-state index in [9.17, 15) is 9.59 Å². The molecule has 0 heterocycles. The number of aliphatic hydroxyl groups is 1. The zero-order valence-corrected chi connectivity index (χ0v) is 19.2. The zero-order valence-electron chi connectivity index (χ0n) is 19.2. The highest BCUT2D eigenvalue weighted by molar-refractivity contribution is 6.05. The molecule has 1 saturated carbocycles. The van der Waals surface area contributed by atoms with Crippen molar-refractivity contribution in [1.82, 2.24) is 10.6 Å². The van der Waals surface area contributed by atoms with Gasteiger partial charge in [-0.05, 0) is 74.2 Å². The molecule has 3 N–H and O–H groups in total. The van der Waals surface area contributed by atoms with Crippen molar-refractivity contribution in [3.8, 4) is 11.5 Å². The van der Waals surface area contributed by atoms with Crippen molar-refractivity contribution in [2.24, 2.45) is 5.92 Å². The van der Waals surface area contributed by atoms with Crippen LogP contribution in [0.15, 0.2) is 54.2 Å². The number of hydrogen-bond donors (Lipinski definition) is 3. The third kappa shape index (κ3) is 8.27. The second kappa shape index (κ2) is 12.1. The van der Waals surface area contributed by atoms with E-state index in [0.717, 1.165) is 23.7 Å². The van der Waals surface area contributed by atoms with E-state index in [-0.39, 0.29) is 25.0 Å². The van der Waals surface area contributed by atoms with Crippen LogP contribution < -0.4 is 20.1 Å². The summed E-state index contributed by atoms with van der Waals surface area (Å²) in [7, 11) is 0. The lowest BCUT2D eigenvalue weighted by Crippen LogP contribution is -2.36. The van der Waals surface area contributed by atoms with E-state index >= 15 is 0 Å². The molecule has 0 saturated heterocycles. The number of hydrogen-bond acceptors (Lipinski definition) is 5. The molecule has 0 aliphatic heterocycles. The molecular weight excluding hydrogens is 420 g/mol. The molecule has 0 radical (unpaired) electrons. The Morgan fingerprint density at radius 1 is 1.06 bits per heavy atom. The molecule has 176 valence electrons. The molecule has 0 spiro atoms. The summed E-state index contributed by atoms with van der Waals surface area (Å²) < 4.78 is 11.4. The first-order chi connectivity index (χ1) is 15.9. The Balaban J connectivity index is 1.67. The monoisotopic (exact) mass is 452 g/mol. The predicted octanol–water partition coefficient (Wildman–Crippen LogP) is 3.53. The Kier molecular flexibility index (Phi) is 8.89. The maximum Gasteiger partial charge on any atom is 0.267 e. The van der Waals surface area contributed by atoms with Gasteiger partial charge in [0.15, 0.2) is 0 Å². The quantitative estimate of drug-likeness (QED) is 0.428. The molecule has 0 atom stereocenters. The molecule has 0 unspecified atom stereocenters. The van der Waals surface area contributed by atoms with Gasteiger partial charge in [-0.2, -0.15) is 0 Å². The molecule has 2 aromatic rings. The van der Waals surface area contributed by atoms with Crippen molar-refractivity contribution in [1.29, 1.82) is 0 Å². The van der Waals surface area contributed by atoms with Crippen LogP contribution in [0.1, 0.15) is 49.0 Å². The third-order valence-electron chi connectivity index (χ3n) is 5.06. The number of aliphatic hydroxyl groups excluding tert-OH is 1. The van der Waals surface area contributed by atoms with Crippen molar-refractivity contribution < 1.29 is 24.2 Å². The lowest BCUT2D eigenvalue weighted by molar-refractivity contribution is -0.117. The minimum atomic E-state index is -0.486. The van der Waals surface area contributed by atoms with Crippen molar-refractivity contribution in [3.63, 3.8) is 0 Å². The molecule has 1 aliphatic carbocycles. The molecular formula is C26H32N2O5. The van der Waals surface area contributed by atoms with Gasteiger partial charge in [0, 0.05) is 12.1 Å². The Labute approximate surface area is 194 Å². The van der Waals surface area contributed by atoms with Crippen LogP contribution in [0.3, 0.4) is 0 Å². The molecule has 2 amide bonds. The van der Waals surface area contributed by atoms with Gasteiger partial charge in [0.25, 0.3) is 11.8 Å². The van der Waals surface area contributed by atoms with Gasteiger partial charge in [-0.3, -0.25) is 9.59 Å². The first-order valence-electron chi connectivity index (χ1n) is 11.4. The Morgan fingerprint density at radius 2 is 1.73 bits per heavy atom. The number of rotatable bonds is 12. The molecule has 7 heteroatoms. The van der Waals surface area contributed by atoms with Crippen LogP contribution in [0, 0.1) is 5.92 Å². The summed E-state index contributed by atoms with van der Waals surface area (Å²) in [5.41, 5.74) is 1.21. The number of ether oxygens (including phenoxy) is 2. The van der Waals surface area contributed by atoms with Crippen molar-refractivity contribution in [2.45, 2.75) is 39.2 Å². The van der Waals surface area contributed by atoms with Gasteiger partial charge in [0.2, 0.25) is 0 Å². The van der Waals surface area contributed by atoms with Crippen LogP contribution >= 0.6 is 0 Å². The number of benzene rings is 2. The van der Waals surface area contributed by atoms with Crippen LogP contribution in [0.4, 0.5) is 0 Å². The highest BCUT2D eigenvalue weighted by atomic mass is 16.5. The third-order valence-corrected chi connectivity index (χ3v) is 5.06. The lowest BCUT2D eigenvalue weighted by atomic mass is 10.1. The predicted molar refractivity (Wildman–Crippen MR) is 127 cm³/mol. The Morgan fingerprint density at radius 3 is 2.33 bits per heavy atom. The normalized spacial score (nSPS) is 13.5. The fourth-order valence-electron chi connectivity index (χ4n) is 3.15. The van der Waals surface area contributed by atoms with E-state index in [1.807, 2.05) is 13.8 Å². The maximum absolute atomic E-state index is 12.8. The molecule has 3 rings (SSSR count). The van der Waals surface area contributed by atoms with E-state index in [0.29, 0.717) is 17.9 Å². The van der Waals surface area contributed by atoms with Crippen molar-refractivity contribution >= 4 is 17.9 Å². The minimum absolute atomic E-state index is 0.0560. The van der Waals surface area contributed by atoms with E-state index in [1.54, 1.807) is 54.6 Å². The number of carbonyl (C=O) groups is 2. The van der Waals surface area contributed by atoms with Crippen LogP contribution in [-0.4, -0.2) is 42.8 Å². The average molecular weight is 453 g/mol. The average Bonchev–Trinajstić information content (AvgIpc) is 3.62. The highest BCUT2D eigenvalue weighted by Crippen LogP contribution is 2.32. The van der Waals surface area contributed by atoms with Crippen LogP contribution in [-0.2, 0) is 4.79 Å². The number of amides is 2. The summed E-state index contributed by atoms with van der Waals surface area (Å²) in [6.07, 6.45) is 5.28. The Hall–Kier alpha value is -3.32. The minimum Gasteiger partial charge on any atom is -0.494 e. The first kappa shape index (κ1) is 24.3. The van der Waals surface area contributed by atoms with Gasteiger partial charge in [0.1, 0.15) is 17.2 Å². The molecule has 0 bridgehead atoms. The number of carbonyl (C=O) groups excluding carboxylic acids is 2. The fourth-order valence-corrected chi connectivity index (χ4v) is 3.15. The smallest absolute Gasteiger partial charge is 0.267 e. The summed E-state index contributed by atoms with van der Waals surface area (Å²) in [5, 5.41) is 14.3. The van der Waals surface area contributed by atoms with Gasteiger partial charge >= 0.3 is 0 Å². The van der Waals surface area contributed by atoms with E-state index < -0.39 is 11.8 Å². The highest BCUT2D eigenvalue weighted by Gasteiger charge is 2.20. The van der Waals surface area contributed by atoms with Gasteiger partial charge < -0.3 is 25.2 Å². The molecule has 0 aromatic heterocycles. The second-order valence-corrected chi connectivity index (χ2v) is 8.33. The van der Waals surface area contributed by atoms with Crippen LogP contribution in [0.2, 0.25) is 0 Å². The second-order valence-electron chi connectivity index (χ2n) is 8.33. The van der Waals surface area contributed by atoms with Gasteiger partial charge in [-0.15, -0.1) is 0 Å². The molecule has 1 fully saturated rings. The maximum atomic E-state index is 12.8. The summed E-state index contributed by atoms with van der Waals surface area (Å²) in [4.78, 5) is 25.3. The topological polar surface area (TPSA) is 96.9 Å². The van der Waals surface area contributed by atoms with E-state index in [4.69, 9.17) is 14.6 Å². The van der Waals surface area contributed by atoms with Crippen molar-refractivity contribution in [3.05, 3.63) is 65.4 Å². The largest absolute Gasteiger partial charge is 0.494 e. The lowest BCUT2D eigenvalue weighted by Gasteiger charge is -2.12. The van der Waals surface area contributed by atoms with E-state index in [1.165, 1.54) is 12.8 Å². The molecule has 7 nitrogen and oxygen atoms in total. The van der Waals surface area contributed by atoms with Crippen LogP contribution in [0.5, 0.6) is 11.5 Å². The standard InChI is InChI=1S/C26H32N2O5/c1-18(2)33-23-9-5-20(6-10-23)17-24(26(31)27-14-15-29)28-25(30)21-7-11-22(12-8-21)32-16-13-19-3-4-19/h5-12,17-19,29H,3-4,13-16H2,1-2H3,(H,27,31)(H,28,30)/b24-17-. The molecule has 2 aromatic carbocycles. The summed E-state index contributed by atoms with van der Waals surface area (Å²) in [6.45, 7) is 4.45. The number of nitrogens with one attached hydrogen (secondary N) is 2. The zero-order chi connectivity index (χ0) is 23.6. The SMILES string of the molecule is CC(C)Oc1ccc(/C=C(\NC(=O)c2ccc(OCCC3CC3)cc2)C(=O)NCCO)cc1. The van der Waals surface area contributed by atoms with E-state index in [2.05, 4.69) is 10.6 Å². The van der Waals surface area contributed by atoms with Gasteiger partial charge in [-0.25, -0.2) is 0 Å². The van der Waals surface area contributed by atoms with Gasteiger partial charge in [0.05, 0.1) is 19.3 Å². The fraction of sp³-hybridized carbons (Fsp3) is 0.385. The summed E-state index contributed by atoms with van der Waals surface area (Å²) in [5.74, 6) is 1.34. The summed E-state index contributed by atoms with van der Waals surface area (Å²) in [6, 6.07) is 14.1. The van der Waals surface area contributed by atoms with Crippen LogP contribution in [0.25, 0.3) is 6.08 Å². The first-order valence-corrected chi connectivity index (χ1v) is 11.4. The van der Waals surface area contributed by atoms with Gasteiger partial charge in [-0.1, -0.05) is 25.0 Å². The molecule has 1 aliphatic rings. The summed E-state index contributed by atoms with van der Waals surface area (Å²) >= 11 is 0. The molecule has 33 heavy (non-hydrogen) atoms. The Bertz CT molecular complexity index is 948.